The van der Waals surface area contributed by atoms with Crippen LogP contribution in [0.3, 0.4) is 0 Å². The molecular weight excluding hydrogens is 513 g/mol. The van der Waals surface area contributed by atoms with Gasteiger partial charge in [0.15, 0.2) is 0 Å². The van der Waals surface area contributed by atoms with Gasteiger partial charge in [0.1, 0.15) is 0 Å². The van der Waals surface area contributed by atoms with E-state index in [1.165, 1.54) is 0 Å². The average molecular weight is 527 g/mol. The molecule has 20 heteroatoms. The van der Waals surface area contributed by atoms with Crippen LogP contribution in [0, 0.1) is 0 Å². The zero-order valence-corrected chi connectivity index (χ0v) is 16.4. The van der Waals surface area contributed by atoms with E-state index in [9.17, 15) is 70.3 Å². The highest BCUT2D eigenvalue weighted by atomic mass is 32.2. The number of rotatable bonds is 10. The highest BCUT2D eigenvalue weighted by Gasteiger charge is 2.92. The summed E-state index contributed by atoms with van der Waals surface area (Å²) in [7, 11) is -4.83. The fourth-order valence-corrected chi connectivity index (χ4v) is 2.89. The molecule has 0 aromatic heterocycles. The molecule has 0 rings (SSSR count). The predicted octanol–water partition coefficient (Wildman–Crippen LogP) is 3.26. The Kier molecular flexibility index (Phi) is 8.42. The third-order valence-electron chi connectivity index (χ3n) is 3.77. The number of sulfonamides is 1. The van der Waals surface area contributed by atoms with Gasteiger partial charge >= 0.3 is 41.2 Å². The quantitative estimate of drug-likeness (QED) is 0.338. The molecule has 0 aliphatic carbocycles. The maximum Gasteiger partial charge on any atom is 0.460 e. The number of carbonyl (C=O) groups is 1. The summed E-state index contributed by atoms with van der Waals surface area (Å²) >= 11 is 0. The Balaban J connectivity index is 5.89. The van der Waals surface area contributed by atoms with Gasteiger partial charge in [-0.2, -0.15) is 57.1 Å². The summed E-state index contributed by atoms with van der Waals surface area (Å²) in [5, 5.41) is -5.24. The van der Waals surface area contributed by atoms with Crippen LogP contribution in [0.5, 0.6) is 0 Å². The molecule has 0 bridgehead atoms. The molecule has 0 saturated carbocycles. The van der Waals surface area contributed by atoms with Crippen molar-refractivity contribution in [2.45, 2.75) is 41.5 Å². The molecule has 6 nitrogen and oxygen atoms in total. The second kappa shape index (κ2) is 8.90. The van der Waals surface area contributed by atoms with Gasteiger partial charge in [-0.05, 0) is 6.42 Å². The van der Waals surface area contributed by atoms with Crippen LogP contribution in [-0.2, 0) is 10.0 Å². The monoisotopic (exact) mass is 527 g/mol. The summed E-state index contributed by atoms with van der Waals surface area (Å²) < 4.78 is 192. The van der Waals surface area contributed by atoms with Crippen molar-refractivity contribution >= 4 is 16.1 Å². The van der Waals surface area contributed by atoms with Crippen LogP contribution < -0.4 is 10.0 Å². The van der Waals surface area contributed by atoms with Crippen molar-refractivity contribution in [2.75, 3.05) is 27.2 Å². The number of carbonyl (C=O) groups excluding carboxylic acids is 1. The van der Waals surface area contributed by atoms with Gasteiger partial charge in [0.2, 0.25) is 0 Å². The number of halogens is 13. The van der Waals surface area contributed by atoms with E-state index in [4.69, 9.17) is 0 Å². The molecule has 0 saturated heterocycles. The van der Waals surface area contributed by atoms with E-state index in [1.54, 1.807) is 0 Å². The van der Waals surface area contributed by atoms with Crippen molar-refractivity contribution < 1.29 is 70.3 Å². The molecule has 2 N–H and O–H groups in total. The molecule has 0 aliphatic rings. The summed E-state index contributed by atoms with van der Waals surface area (Å²) in [6.07, 6.45) is -8.23. The van der Waals surface area contributed by atoms with Crippen molar-refractivity contribution in [2.24, 2.45) is 0 Å². The van der Waals surface area contributed by atoms with E-state index in [-0.39, 0.29) is 0 Å². The molecular formula is C12H14F13N3O3S. The standard InChI is InChI=1S/C12H14F13N3O3S/c1-26-6(29)28(2)5-3-4-27-32(30,31)12(24,25)10(19,20)8(15,16)7(13,14)9(17,18)11(21,22)23/h27H,3-5H2,1-2H3,(H,26,29). The van der Waals surface area contributed by atoms with Gasteiger partial charge in [-0.15, -0.1) is 0 Å². The minimum Gasteiger partial charge on any atom is -0.341 e. The van der Waals surface area contributed by atoms with Crippen LogP contribution in [0.2, 0.25) is 0 Å². The summed E-state index contributed by atoms with van der Waals surface area (Å²) in [6.45, 7) is -1.73. The minimum atomic E-state index is -8.21. The van der Waals surface area contributed by atoms with E-state index in [0.29, 0.717) is 4.72 Å². The van der Waals surface area contributed by atoms with Crippen molar-refractivity contribution in [1.82, 2.24) is 14.9 Å². The van der Waals surface area contributed by atoms with Gasteiger partial charge in [0.25, 0.3) is 10.0 Å². The third kappa shape index (κ3) is 4.79. The first-order valence-electron chi connectivity index (χ1n) is 7.74. The van der Waals surface area contributed by atoms with Crippen LogP contribution in [0.15, 0.2) is 0 Å². The van der Waals surface area contributed by atoms with Gasteiger partial charge in [0.05, 0.1) is 0 Å². The first-order chi connectivity index (χ1) is 13.9. The van der Waals surface area contributed by atoms with E-state index >= 15 is 0 Å². The maximum atomic E-state index is 13.6. The van der Waals surface area contributed by atoms with Crippen LogP contribution in [-0.4, -0.2) is 81.7 Å². The highest BCUT2D eigenvalue weighted by Crippen LogP contribution is 2.60. The maximum absolute atomic E-state index is 13.6. The number of nitrogens with zero attached hydrogens (tertiary/aromatic N) is 1. The Morgan fingerprint density at radius 3 is 1.56 bits per heavy atom. The molecule has 0 atom stereocenters. The lowest BCUT2D eigenvalue weighted by molar-refractivity contribution is -0.433. The average Bonchev–Trinajstić information content (AvgIpc) is 2.62. The molecule has 0 aromatic carbocycles. The Morgan fingerprint density at radius 2 is 1.19 bits per heavy atom. The smallest absolute Gasteiger partial charge is 0.341 e. The number of hydrogen-bond donors (Lipinski definition) is 2. The lowest BCUT2D eigenvalue weighted by Crippen LogP contribution is -2.71. The van der Waals surface area contributed by atoms with Gasteiger partial charge in [-0.1, -0.05) is 0 Å². The lowest BCUT2D eigenvalue weighted by atomic mass is 9.98. The largest absolute Gasteiger partial charge is 0.460 e. The summed E-state index contributed by atoms with van der Waals surface area (Å²) in [5.41, 5.74) is 0. The van der Waals surface area contributed by atoms with Gasteiger partial charge in [-0.3, -0.25) is 0 Å². The number of nitrogens with one attached hydrogen (secondary N) is 2. The summed E-state index contributed by atoms with van der Waals surface area (Å²) in [5.74, 6) is -32.3. The molecule has 0 unspecified atom stereocenters. The van der Waals surface area contributed by atoms with Gasteiger partial charge < -0.3 is 10.2 Å². The molecule has 2 amide bonds. The van der Waals surface area contributed by atoms with E-state index in [0.717, 1.165) is 19.0 Å². The SMILES string of the molecule is CNC(=O)N(C)CCCNS(=O)(=O)C(F)(F)C(F)(F)C(F)(F)C(F)(F)C(F)(F)C(F)(F)F. The first-order valence-corrected chi connectivity index (χ1v) is 9.23. The Hall–Kier alpha value is -1.73. The molecule has 32 heavy (non-hydrogen) atoms. The van der Waals surface area contributed by atoms with Gasteiger partial charge in [-0.25, -0.2) is 17.9 Å². The summed E-state index contributed by atoms with van der Waals surface area (Å²) in [4.78, 5) is 11.9. The summed E-state index contributed by atoms with van der Waals surface area (Å²) in [6, 6.07) is -0.794. The van der Waals surface area contributed by atoms with Crippen LogP contribution in [0.4, 0.5) is 61.9 Å². The van der Waals surface area contributed by atoms with Crippen molar-refractivity contribution in [3.05, 3.63) is 0 Å². The molecule has 0 spiro atoms. The van der Waals surface area contributed by atoms with Crippen LogP contribution in [0.1, 0.15) is 6.42 Å². The molecule has 0 fully saturated rings. The van der Waals surface area contributed by atoms with Crippen molar-refractivity contribution in [3.8, 4) is 0 Å². The predicted molar refractivity (Wildman–Crippen MR) is 79.4 cm³/mol. The zero-order chi connectivity index (χ0) is 26.2. The number of alkyl halides is 13. The topological polar surface area (TPSA) is 78.5 Å². The van der Waals surface area contributed by atoms with E-state index in [1.807, 2.05) is 0 Å². The van der Waals surface area contributed by atoms with Crippen molar-refractivity contribution in [3.63, 3.8) is 0 Å². The highest BCUT2D eigenvalue weighted by molar-refractivity contribution is 7.90. The van der Waals surface area contributed by atoms with Crippen LogP contribution >= 0.6 is 0 Å². The molecule has 0 heterocycles. The van der Waals surface area contributed by atoms with Gasteiger partial charge in [0, 0.05) is 27.2 Å². The molecule has 0 aliphatic heterocycles. The zero-order valence-electron chi connectivity index (χ0n) is 15.6. The first kappa shape index (κ1) is 30.3. The Morgan fingerprint density at radius 1 is 0.781 bits per heavy atom. The fraction of sp³-hybridized carbons (Fsp3) is 0.917. The normalized spacial score (nSPS) is 15.0. The van der Waals surface area contributed by atoms with Crippen LogP contribution in [0.25, 0.3) is 0 Å². The minimum absolute atomic E-state index is 0.448. The number of urea groups is 1. The Labute approximate surface area is 171 Å². The van der Waals surface area contributed by atoms with Crippen molar-refractivity contribution in [1.29, 1.82) is 0 Å². The number of hydrogen-bond acceptors (Lipinski definition) is 3. The number of amides is 2. The second-order valence-electron chi connectivity index (χ2n) is 6.04. The third-order valence-corrected chi connectivity index (χ3v) is 5.28. The Bertz CT molecular complexity index is 783. The van der Waals surface area contributed by atoms with E-state index in [2.05, 4.69) is 5.32 Å². The molecule has 0 aromatic rings. The fourth-order valence-electron chi connectivity index (χ4n) is 1.83. The molecule has 192 valence electrons. The van der Waals surface area contributed by atoms with E-state index < -0.39 is 70.7 Å². The molecule has 0 radical (unpaired) electrons. The lowest BCUT2D eigenvalue weighted by Gasteiger charge is -2.39. The second-order valence-corrected chi connectivity index (χ2v) is 7.85.